The Hall–Kier alpha value is -1.35. The highest BCUT2D eigenvalue weighted by Gasteiger charge is 2.28. The molecule has 1 atom stereocenters. The van der Waals surface area contributed by atoms with Crippen LogP contribution in [0.1, 0.15) is 18.9 Å². The third-order valence-electron chi connectivity index (χ3n) is 2.32. The van der Waals surface area contributed by atoms with Gasteiger partial charge in [-0.2, -0.15) is 0 Å². The van der Waals surface area contributed by atoms with Crippen molar-refractivity contribution in [1.82, 2.24) is 0 Å². The van der Waals surface area contributed by atoms with E-state index in [9.17, 15) is 4.79 Å². The Balaban J connectivity index is 2.95. The topological polar surface area (TPSA) is 46.5 Å². The Morgan fingerprint density at radius 3 is 2.43 bits per heavy atom. The fourth-order valence-electron chi connectivity index (χ4n) is 1.37. The minimum atomic E-state index is -0.863. The summed E-state index contributed by atoms with van der Waals surface area (Å²) in [6.07, 6.45) is -0.0342. The lowest BCUT2D eigenvalue weighted by molar-refractivity contribution is -0.143. The summed E-state index contributed by atoms with van der Waals surface area (Å²) in [5.74, 6) is -0.863. The molecule has 0 aliphatic heterocycles. The second kappa shape index (κ2) is 4.24. The Kier molecular flexibility index (Phi) is 3.25. The summed E-state index contributed by atoms with van der Waals surface area (Å²) >= 11 is 0. The Morgan fingerprint density at radius 2 is 2.00 bits per heavy atom. The van der Waals surface area contributed by atoms with E-state index in [4.69, 9.17) is 9.84 Å². The monoisotopic (exact) mass is 194 g/mol. The molecule has 1 aromatic rings. The summed E-state index contributed by atoms with van der Waals surface area (Å²) in [7, 11) is 1.52. The number of hydrogen-bond acceptors (Lipinski definition) is 2. The minimum Gasteiger partial charge on any atom is -0.481 e. The SMILES string of the molecule is COC(C)(CC(=O)O)c1ccccc1. The summed E-state index contributed by atoms with van der Waals surface area (Å²) in [4.78, 5) is 10.7. The molecular formula is C11H14O3. The fraction of sp³-hybridized carbons (Fsp3) is 0.364. The molecule has 3 heteroatoms. The summed E-state index contributed by atoms with van der Waals surface area (Å²) in [5, 5.41) is 8.76. The molecule has 1 rings (SSSR count). The van der Waals surface area contributed by atoms with Crippen LogP contribution in [-0.4, -0.2) is 18.2 Å². The molecule has 76 valence electrons. The van der Waals surface area contributed by atoms with Gasteiger partial charge in [0.1, 0.15) is 5.60 Å². The van der Waals surface area contributed by atoms with E-state index in [1.807, 2.05) is 30.3 Å². The first-order valence-electron chi connectivity index (χ1n) is 4.41. The number of hydrogen-bond donors (Lipinski definition) is 1. The molecule has 3 nitrogen and oxygen atoms in total. The van der Waals surface area contributed by atoms with Crippen molar-refractivity contribution >= 4 is 5.97 Å². The van der Waals surface area contributed by atoms with Gasteiger partial charge in [0.25, 0.3) is 0 Å². The maximum absolute atomic E-state index is 10.7. The zero-order valence-electron chi connectivity index (χ0n) is 8.36. The zero-order chi connectivity index (χ0) is 10.6. The molecule has 0 spiro atoms. The molecule has 14 heavy (non-hydrogen) atoms. The standard InChI is InChI=1S/C11H14O3/c1-11(14-2,8-10(12)13)9-6-4-3-5-7-9/h3-7H,8H2,1-2H3,(H,12,13). The van der Waals surface area contributed by atoms with E-state index in [0.717, 1.165) is 5.56 Å². The largest absolute Gasteiger partial charge is 0.481 e. The van der Waals surface area contributed by atoms with Gasteiger partial charge in [0.15, 0.2) is 0 Å². The van der Waals surface area contributed by atoms with Crippen molar-refractivity contribution in [1.29, 1.82) is 0 Å². The van der Waals surface area contributed by atoms with Gasteiger partial charge < -0.3 is 9.84 Å². The number of ether oxygens (including phenoxy) is 1. The van der Waals surface area contributed by atoms with E-state index >= 15 is 0 Å². The molecule has 0 saturated heterocycles. The van der Waals surface area contributed by atoms with E-state index in [2.05, 4.69) is 0 Å². The zero-order valence-corrected chi connectivity index (χ0v) is 8.36. The average molecular weight is 194 g/mol. The summed E-state index contributed by atoms with van der Waals surface area (Å²) in [6, 6.07) is 9.36. The molecule has 0 fully saturated rings. The molecule has 0 aliphatic carbocycles. The second-order valence-electron chi connectivity index (χ2n) is 3.37. The van der Waals surface area contributed by atoms with Gasteiger partial charge >= 0.3 is 5.97 Å². The first kappa shape index (κ1) is 10.7. The number of methoxy groups -OCH3 is 1. The predicted molar refractivity (Wildman–Crippen MR) is 53.1 cm³/mol. The minimum absolute atomic E-state index is 0.0342. The number of carbonyl (C=O) groups is 1. The van der Waals surface area contributed by atoms with Gasteiger partial charge in [0, 0.05) is 7.11 Å². The second-order valence-corrected chi connectivity index (χ2v) is 3.37. The van der Waals surface area contributed by atoms with Crippen LogP contribution in [0.25, 0.3) is 0 Å². The van der Waals surface area contributed by atoms with Gasteiger partial charge in [-0.15, -0.1) is 0 Å². The van der Waals surface area contributed by atoms with Crippen LogP contribution in [0.15, 0.2) is 30.3 Å². The van der Waals surface area contributed by atoms with Crippen molar-refractivity contribution in [3.05, 3.63) is 35.9 Å². The van der Waals surface area contributed by atoms with Gasteiger partial charge in [-0.25, -0.2) is 0 Å². The molecule has 1 N–H and O–H groups in total. The fourth-order valence-corrected chi connectivity index (χ4v) is 1.37. The molecule has 0 radical (unpaired) electrons. The lowest BCUT2D eigenvalue weighted by atomic mass is 9.92. The van der Waals surface area contributed by atoms with Crippen LogP contribution < -0.4 is 0 Å². The van der Waals surface area contributed by atoms with Gasteiger partial charge in [-0.1, -0.05) is 30.3 Å². The van der Waals surface area contributed by atoms with Crippen LogP contribution in [0.5, 0.6) is 0 Å². The molecule has 0 aromatic heterocycles. The highest BCUT2D eigenvalue weighted by Crippen LogP contribution is 2.27. The van der Waals surface area contributed by atoms with Gasteiger partial charge in [-0.3, -0.25) is 4.79 Å². The first-order chi connectivity index (χ1) is 6.58. The first-order valence-corrected chi connectivity index (χ1v) is 4.41. The van der Waals surface area contributed by atoms with Crippen LogP contribution in [0.3, 0.4) is 0 Å². The molecular weight excluding hydrogens is 180 g/mol. The van der Waals surface area contributed by atoms with Crippen LogP contribution in [0, 0.1) is 0 Å². The van der Waals surface area contributed by atoms with E-state index < -0.39 is 11.6 Å². The van der Waals surface area contributed by atoms with Crippen molar-refractivity contribution in [2.24, 2.45) is 0 Å². The molecule has 1 unspecified atom stereocenters. The van der Waals surface area contributed by atoms with Crippen molar-refractivity contribution < 1.29 is 14.6 Å². The molecule has 1 aromatic carbocycles. The van der Waals surface area contributed by atoms with Crippen molar-refractivity contribution in [3.8, 4) is 0 Å². The Bertz CT molecular complexity index is 308. The lowest BCUT2D eigenvalue weighted by Crippen LogP contribution is -2.27. The molecule has 0 heterocycles. The Morgan fingerprint density at radius 1 is 1.43 bits per heavy atom. The number of rotatable bonds is 4. The van der Waals surface area contributed by atoms with Crippen LogP contribution in [0.2, 0.25) is 0 Å². The van der Waals surface area contributed by atoms with Gasteiger partial charge in [-0.05, 0) is 12.5 Å². The van der Waals surface area contributed by atoms with Crippen molar-refractivity contribution in [2.75, 3.05) is 7.11 Å². The van der Waals surface area contributed by atoms with Crippen molar-refractivity contribution in [2.45, 2.75) is 18.9 Å². The maximum atomic E-state index is 10.7. The summed E-state index contributed by atoms with van der Waals surface area (Å²) in [6.45, 7) is 1.77. The highest BCUT2D eigenvalue weighted by atomic mass is 16.5. The predicted octanol–water partition coefficient (Wildman–Crippen LogP) is 2.02. The van der Waals surface area contributed by atoms with E-state index in [1.54, 1.807) is 6.92 Å². The van der Waals surface area contributed by atoms with Crippen LogP contribution >= 0.6 is 0 Å². The average Bonchev–Trinajstić information content (AvgIpc) is 2.18. The number of aliphatic carboxylic acids is 1. The Labute approximate surface area is 83.3 Å². The molecule has 0 amide bonds. The third kappa shape index (κ3) is 2.33. The highest BCUT2D eigenvalue weighted by molar-refractivity contribution is 5.68. The van der Waals surface area contributed by atoms with Gasteiger partial charge in [0.2, 0.25) is 0 Å². The third-order valence-corrected chi connectivity index (χ3v) is 2.32. The smallest absolute Gasteiger partial charge is 0.306 e. The molecule has 0 aliphatic rings. The molecule has 0 bridgehead atoms. The molecule has 0 saturated carbocycles. The van der Waals surface area contributed by atoms with Crippen LogP contribution in [0.4, 0.5) is 0 Å². The summed E-state index contributed by atoms with van der Waals surface area (Å²) in [5.41, 5.74) is 0.137. The normalized spacial score (nSPS) is 14.7. The lowest BCUT2D eigenvalue weighted by Gasteiger charge is -2.26. The van der Waals surface area contributed by atoms with E-state index in [1.165, 1.54) is 7.11 Å². The quantitative estimate of drug-likeness (QED) is 0.797. The van der Waals surface area contributed by atoms with Crippen LogP contribution in [-0.2, 0) is 15.1 Å². The number of carboxylic acids is 1. The van der Waals surface area contributed by atoms with Gasteiger partial charge in [0.05, 0.1) is 6.42 Å². The number of carboxylic acid groups (broad SMARTS) is 1. The van der Waals surface area contributed by atoms with Crippen molar-refractivity contribution in [3.63, 3.8) is 0 Å². The van der Waals surface area contributed by atoms with E-state index in [-0.39, 0.29) is 6.42 Å². The summed E-state index contributed by atoms with van der Waals surface area (Å²) < 4.78 is 5.25. The van der Waals surface area contributed by atoms with E-state index in [0.29, 0.717) is 0 Å². The maximum Gasteiger partial charge on any atom is 0.306 e. The number of benzene rings is 1.